The average molecular weight is 713 g/mol. The SMILES string of the molecule is CS(=O)(=O)N1CCN(c2ccc(N3CCCC3=O)cc2COc2ccc3c(c2)OCCn2c-3c(C3CCCCC3)c3ccc(C(=O)O)cc32)CC1. The van der Waals surface area contributed by atoms with Crippen LogP contribution in [0.4, 0.5) is 11.4 Å². The second-order valence-corrected chi connectivity index (χ2v) is 16.2. The summed E-state index contributed by atoms with van der Waals surface area (Å²) in [6.07, 6.45) is 8.44. The van der Waals surface area contributed by atoms with E-state index in [1.165, 1.54) is 35.4 Å². The van der Waals surface area contributed by atoms with Crippen LogP contribution in [0.5, 0.6) is 11.5 Å². The highest BCUT2D eigenvalue weighted by molar-refractivity contribution is 7.88. The number of carbonyl (C=O) groups excluding carboxylic acids is 1. The Labute approximate surface area is 298 Å². The van der Waals surface area contributed by atoms with Gasteiger partial charge in [0.1, 0.15) is 24.7 Å². The summed E-state index contributed by atoms with van der Waals surface area (Å²) in [5, 5.41) is 10.9. The second kappa shape index (κ2) is 13.5. The first kappa shape index (κ1) is 33.6. The number of piperazine rings is 1. The van der Waals surface area contributed by atoms with Crippen LogP contribution in [0.25, 0.3) is 22.2 Å². The van der Waals surface area contributed by atoms with E-state index in [0.29, 0.717) is 64.0 Å². The predicted molar refractivity (Wildman–Crippen MR) is 197 cm³/mol. The maximum Gasteiger partial charge on any atom is 0.335 e. The van der Waals surface area contributed by atoms with Crippen molar-refractivity contribution in [2.45, 2.75) is 64.0 Å². The van der Waals surface area contributed by atoms with Crippen LogP contribution in [0.1, 0.15) is 72.3 Å². The number of ether oxygens (including phenoxy) is 2. The summed E-state index contributed by atoms with van der Waals surface area (Å²) in [5.74, 6) is 0.959. The molecule has 1 saturated carbocycles. The molecule has 8 rings (SSSR count). The minimum absolute atomic E-state index is 0.114. The number of nitrogens with zero attached hydrogens (tertiary/aromatic N) is 4. The number of benzene rings is 3. The van der Waals surface area contributed by atoms with Crippen LogP contribution in [-0.4, -0.2) is 79.9 Å². The molecule has 0 bridgehead atoms. The zero-order valence-corrected chi connectivity index (χ0v) is 29.8. The van der Waals surface area contributed by atoms with Crippen LogP contribution < -0.4 is 19.3 Å². The molecule has 3 fully saturated rings. The van der Waals surface area contributed by atoms with Gasteiger partial charge in [-0.25, -0.2) is 13.2 Å². The van der Waals surface area contributed by atoms with E-state index in [9.17, 15) is 23.1 Å². The Morgan fingerprint density at radius 2 is 1.73 bits per heavy atom. The van der Waals surface area contributed by atoms with E-state index >= 15 is 0 Å². The van der Waals surface area contributed by atoms with E-state index < -0.39 is 16.0 Å². The number of sulfonamides is 1. The maximum absolute atomic E-state index is 12.6. The highest BCUT2D eigenvalue weighted by Gasteiger charge is 2.31. The van der Waals surface area contributed by atoms with Crippen molar-refractivity contribution in [3.8, 4) is 22.8 Å². The lowest BCUT2D eigenvalue weighted by molar-refractivity contribution is -0.117. The van der Waals surface area contributed by atoms with Gasteiger partial charge in [-0.1, -0.05) is 25.3 Å². The molecule has 4 aliphatic rings. The van der Waals surface area contributed by atoms with Crippen LogP contribution in [0.3, 0.4) is 0 Å². The normalized spacial score (nSPS) is 18.7. The molecule has 3 aliphatic heterocycles. The summed E-state index contributed by atoms with van der Waals surface area (Å²) in [7, 11) is -3.26. The van der Waals surface area contributed by atoms with Crippen molar-refractivity contribution in [1.82, 2.24) is 8.87 Å². The molecule has 1 N–H and O–H groups in total. The molecule has 51 heavy (non-hydrogen) atoms. The number of carbonyl (C=O) groups is 2. The van der Waals surface area contributed by atoms with E-state index in [1.807, 2.05) is 41.3 Å². The Hall–Kier alpha value is -4.55. The zero-order chi connectivity index (χ0) is 35.3. The van der Waals surface area contributed by atoms with Crippen molar-refractivity contribution in [2.75, 3.05) is 55.4 Å². The van der Waals surface area contributed by atoms with Crippen molar-refractivity contribution in [3.63, 3.8) is 0 Å². The van der Waals surface area contributed by atoms with Crippen LogP contribution in [0.2, 0.25) is 0 Å². The summed E-state index contributed by atoms with van der Waals surface area (Å²) < 4.78 is 41.0. The Bertz CT molecular complexity index is 2110. The summed E-state index contributed by atoms with van der Waals surface area (Å²) in [6.45, 7) is 3.90. The molecule has 0 radical (unpaired) electrons. The fraction of sp³-hybridized carbons (Fsp3) is 0.436. The molecule has 3 aromatic carbocycles. The number of anilines is 2. The Morgan fingerprint density at radius 3 is 2.45 bits per heavy atom. The van der Waals surface area contributed by atoms with Gasteiger partial charge in [-0.05, 0) is 73.2 Å². The largest absolute Gasteiger partial charge is 0.491 e. The molecule has 4 heterocycles. The van der Waals surface area contributed by atoms with Gasteiger partial charge in [0.15, 0.2) is 0 Å². The number of rotatable bonds is 8. The van der Waals surface area contributed by atoms with E-state index in [2.05, 4.69) is 15.5 Å². The van der Waals surface area contributed by atoms with E-state index in [1.54, 1.807) is 12.1 Å². The van der Waals surface area contributed by atoms with Gasteiger partial charge in [0, 0.05) is 78.6 Å². The Balaban J connectivity index is 1.12. The molecule has 0 unspecified atom stereocenters. The fourth-order valence-corrected chi connectivity index (χ4v) is 9.32. The minimum atomic E-state index is -3.26. The number of fused-ring (bicyclic) bond motifs is 5. The predicted octanol–water partition coefficient (Wildman–Crippen LogP) is 6.23. The number of hydrogen-bond donors (Lipinski definition) is 1. The summed E-state index contributed by atoms with van der Waals surface area (Å²) in [5.41, 5.74) is 7.32. The minimum Gasteiger partial charge on any atom is -0.491 e. The zero-order valence-electron chi connectivity index (χ0n) is 29.0. The standard InChI is InChI=1S/C39H44N4O7S/c1-51(47,48)41-18-16-40(17-19-41)33-14-10-29(42-15-5-8-36(42)44)22-28(33)25-50-30-11-13-32-35(24-30)49-21-20-43-34-23-27(39(45)46)9-12-31(34)37(38(32)43)26-6-3-2-4-7-26/h9-14,22-24,26H,2-8,15-21,25H2,1H3,(H,45,46). The number of amides is 1. The topological polar surface area (TPSA) is 122 Å². The van der Waals surface area contributed by atoms with Gasteiger partial charge in [0.25, 0.3) is 0 Å². The molecule has 1 aromatic heterocycles. The first-order valence-electron chi connectivity index (χ1n) is 18.1. The van der Waals surface area contributed by atoms with Crippen LogP contribution in [-0.2, 0) is 28.0 Å². The van der Waals surface area contributed by atoms with Gasteiger partial charge in [0.05, 0.1) is 24.1 Å². The highest BCUT2D eigenvalue weighted by Crippen LogP contribution is 2.48. The lowest BCUT2D eigenvalue weighted by Gasteiger charge is -2.36. The monoisotopic (exact) mass is 712 g/mol. The molecule has 0 atom stereocenters. The van der Waals surface area contributed by atoms with Crippen molar-refractivity contribution < 1.29 is 32.6 Å². The number of carboxylic acids is 1. The number of carboxylic acid groups (broad SMARTS) is 1. The first-order valence-corrected chi connectivity index (χ1v) is 19.9. The molecular weight excluding hydrogens is 669 g/mol. The third-order valence-electron chi connectivity index (χ3n) is 11.0. The summed E-state index contributed by atoms with van der Waals surface area (Å²) in [4.78, 5) is 28.6. The van der Waals surface area contributed by atoms with Gasteiger partial charge in [-0.15, -0.1) is 0 Å². The molecule has 2 saturated heterocycles. The van der Waals surface area contributed by atoms with Crippen LogP contribution in [0, 0.1) is 0 Å². The number of hydrogen-bond acceptors (Lipinski definition) is 7. The molecule has 1 aliphatic carbocycles. The van der Waals surface area contributed by atoms with Gasteiger partial charge in [-0.2, -0.15) is 4.31 Å². The van der Waals surface area contributed by atoms with Gasteiger partial charge in [-0.3, -0.25) is 4.79 Å². The highest BCUT2D eigenvalue weighted by atomic mass is 32.2. The van der Waals surface area contributed by atoms with Crippen molar-refractivity contribution >= 4 is 44.2 Å². The van der Waals surface area contributed by atoms with Gasteiger partial charge >= 0.3 is 5.97 Å². The number of aromatic nitrogens is 1. The molecule has 1 amide bonds. The Kier molecular flexibility index (Phi) is 8.91. The van der Waals surface area contributed by atoms with Crippen molar-refractivity contribution in [2.24, 2.45) is 0 Å². The van der Waals surface area contributed by atoms with Gasteiger partial charge < -0.3 is 28.9 Å². The van der Waals surface area contributed by atoms with Gasteiger partial charge in [0.2, 0.25) is 15.9 Å². The number of aromatic carboxylic acids is 1. The van der Waals surface area contributed by atoms with Crippen molar-refractivity contribution in [3.05, 3.63) is 71.3 Å². The first-order chi connectivity index (χ1) is 24.7. The summed E-state index contributed by atoms with van der Waals surface area (Å²) >= 11 is 0. The Morgan fingerprint density at radius 1 is 0.922 bits per heavy atom. The molecule has 11 nitrogen and oxygen atoms in total. The van der Waals surface area contributed by atoms with E-state index in [0.717, 1.165) is 64.1 Å². The second-order valence-electron chi connectivity index (χ2n) is 14.2. The molecule has 12 heteroatoms. The molecule has 4 aromatic rings. The lowest BCUT2D eigenvalue weighted by Crippen LogP contribution is -2.48. The average Bonchev–Trinajstić information content (AvgIpc) is 3.65. The molecule has 0 spiro atoms. The maximum atomic E-state index is 12.6. The molecular formula is C39H44N4O7S. The molecule has 268 valence electrons. The lowest BCUT2D eigenvalue weighted by atomic mass is 9.81. The quantitative estimate of drug-likeness (QED) is 0.228. The fourth-order valence-electron chi connectivity index (χ4n) is 8.50. The smallest absolute Gasteiger partial charge is 0.335 e. The van der Waals surface area contributed by atoms with E-state index in [-0.39, 0.29) is 18.1 Å². The van der Waals surface area contributed by atoms with Crippen LogP contribution >= 0.6 is 0 Å². The van der Waals surface area contributed by atoms with Crippen molar-refractivity contribution in [1.29, 1.82) is 0 Å². The summed E-state index contributed by atoms with van der Waals surface area (Å²) in [6, 6.07) is 17.5. The third kappa shape index (κ3) is 6.44. The van der Waals surface area contributed by atoms with E-state index in [4.69, 9.17) is 9.47 Å². The van der Waals surface area contributed by atoms with Crippen LogP contribution in [0.15, 0.2) is 54.6 Å². The third-order valence-corrected chi connectivity index (χ3v) is 12.3.